The van der Waals surface area contributed by atoms with Crippen molar-refractivity contribution in [1.29, 1.82) is 0 Å². The Balaban J connectivity index is 1.59. The van der Waals surface area contributed by atoms with Crippen LogP contribution in [0.5, 0.6) is 11.5 Å². The van der Waals surface area contributed by atoms with Crippen LogP contribution in [0.1, 0.15) is 24.0 Å². The molecule has 0 aromatic heterocycles. The molecule has 0 saturated heterocycles. The molecule has 0 bridgehead atoms. The highest BCUT2D eigenvalue weighted by molar-refractivity contribution is 5.90. The zero-order valence-corrected chi connectivity index (χ0v) is 17.0. The van der Waals surface area contributed by atoms with Gasteiger partial charge in [0.25, 0.3) is 5.91 Å². The summed E-state index contributed by atoms with van der Waals surface area (Å²) in [5.41, 5.74) is 1.08. The minimum Gasteiger partial charge on any atom is -0.493 e. The number of nitrogens with zero attached hydrogens (tertiary/aromatic N) is 1. The molecule has 2 aromatic carbocycles. The van der Waals surface area contributed by atoms with Gasteiger partial charge in [-0.05, 0) is 31.1 Å². The van der Waals surface area contributed by atoms with Gasteiger partial charge in [-0.3, -0.25) is 4.79 Å². The van der Waals surface area contributed by atoms with Crippen LogP contribution in [0.2, 0.25) is 0 Å². The van der Waals surface area contributed by atoms with Crippen LogP contribution in [0.4, 0.5) is 4.39 Å². The van der Waals surface area contributed by atoms with Gasteiger partial charge >= 0.3 is 5.97 Å². The van der Waals surface area contributed by atoms with Crippen LogP contribution >= 0.6 is 0 Å². The summed E-state index contributed by atoms with van der Waals surface area (Å²) in [5, 5.41) is 0. The van der Waals surface area contributed by atoms with E-state index in [-0.39, 0.29) is 24.3 Å². The molecule has 1 aliphatic carbocycles. The van der Waals surface area contributed by atoms with Crippen molar-refractivity contribution in [3.05, 3.63) is 65.5 Å². The number of benzene rings is 2. The molecule has 6 nitrogen and oxygen atoms in total. The summed E-state index contributed by atoms with van der Waals surface area (Å²) in [4.78, 5) is 26.2. The molecule has 0 heterocycles. The van der Waals surface area contributed by atoms with E-state index in [2.05, 4.69) is 0 Å². The van der Waals surface area contributed by atoms with Crippen molar-refractivity contribution in [2.45, 2.75) is 25.4 Å². The van der Waals surface area contributed by atoms with Gasteiger partial charge in [-0.1, -0.05) is 30.3 Å². The molecular weight excluding hydrogens is 389 g/mol. The van der Waals surface area contributed by atoms with Gasteiger partial charge in [0, 0.05) is 29.8 Å². The van der Waals surface area contributed by atoms with E-state index in [1.165, 1.54) is 32.4 Å². The first kappa shape index (κ1) is 21.4. The lowest BCUT2D eigenvalue weighted by Crippen LogP contribution is -2.36. The highest BCUT2D eigenvalue weighted by Crippen LogP contribution is 2.31. The summed E-state index contributed by atoms with van der Waals surface area (Å²) in [6.07, 6.45) is 4.49. The second kappa shape index (κ2) is 9.91. The van der Waals surface area contributed by atoms with Crippen molar-refractivity contribution in [3.8, 4) is 11.5 Å². The Kier molecular flexibility index (Phi) is 7.06. The fraction of sp³-hybridized carbons (Fsp3) is 0.304. The summed E-state index contributed by atoms with van der Waals surface area (Å²) in [6, 6.07) is 11.7. The van der Waals surface area contributed by atoms with Gasteiger partial charge < -0.3 is 19.1 Å². The van der Waals surface area contributed by atoms with Gasteiger partial charge in [0.05, 0.1) is 14.2 Å². The SMILES string of the molecule is COc1cccc(/C=C/C(=O)OCC(=O)N(Cc2ccccc2F)C2CC2)c1OC. The predicted molar refractivity (Wildman–Crippen MR) is 110 cm³/mol. The molecule has 0 unspecified atom stereocenters. The lowest BCUT2D eigenvalue weighted by molar-refractivity contribution is -0.148. The first-order chi connectivity index (χ1) is 14.5. The van der Waals surface area contributed by atoms with Gasteiger partial charge in [0.15, 0.2) is 18.1 Å². The Hall–Kier alpha value is -3.35. The highest BCUT2D eigenvalue weighted by Gasteiger charge is 2.33. The van der Waals surface area contributed by atoms with Crippen LogP contribution in [-0.2, 0) is 20.9 Å². The quantitative estimate of drug-likeness (QED) is 0.464. The van der Waals surface area contributed by atoms with Crippen LogP contribution in [0.25, 0.3) is 6.08 Å². The largest absolute Gasteiger partial charge is 0.493 e. The van der Waals surface area contributed by atoms with Crippen LogP contribution < -0.4 is 9.47 Å². The van der Waals surface area contributed by atoms with Crippen molar-refractivity contribution in [2.24, 2.45) is 0 Å². The van der Waals surface area contributed by atoms with E-state index in [0.717, 1.165) is 12.8 Å². The number of carbonyl (C=O) groups is 2. The van der Waals surface area contributed by atoms with Crippen LogP contribution in [-0.4, -0.2) is 43.6 Å². The molecule has 0 N–H and O–H groups in total. The fourth-order valence-electron chi connectivity index (χ4n) is 3.08. The van der Waals surface area contributed by atoms with Gasteiger partial charge in [-0.2, -0.15) is 0 Å². The van der Waals surface area contributed by atoms with Gasteiger partial charge in [0.2, 0.25) is 0 Å². The number of methoxy groups -OCH3 is 2. The van der Waals surface area contributed by atoms with Crippen molar-refractivity contribution < 1.29 is 28.2 Å². The maximum absolute atomic E-state index is 13.9. The summed E-state index contributed by atoms with van der Waals surface area (Å²) >= 11 is 0. The van der Waals surface area contributed by atoms with Crippen molar-refractivity contribution >= 4 is 18.0 Å². The monoisotopic (exact) mass is 413 g/mol. The molecular formula is C23H24FNO5. The number of esters is 1. The molecule has 0 spiro atoms. The fourth-order valence-corrected chi connectivity index (χ4v) is 3.08. The van der Waals surface area contributed by atoms with E-state index in [9.17, 15) is 14.0 Å². The molecule has 2 aromatic rings. The lowest BCUT2D eigenvalue weighted by atomic mass is 10.1. The number of rotatable bonds is 9. The number of carbonyl (C=O) groups excluding carboxylic acids is 2. The minimum absolute atomic E-state index is 0.0624. The van der Waals surface area contributed by atoms with E-state index in [1.54, 1.807) is 41.3 Å². The Morgan fingerprint density at radius 2 is 1.87 bits per heavy atom. The van der Waals surface area contributed by atoms with Gasteiger partial charge in [0.1, 0.15) is 5.82 Å². The minimum atomic E-state index is -0.658. The number of hydrogen-bond acceptors (Lipinski definition) is 5. The summed E-state index contributed by atoms with van der Waals surface area (Å²) < 4.78 is 29.6. The normalized spacial score (nSPS) is 13.2. The van der Waals surface area contributed by atoms with Crippen molar-refractivity contribution in [2.75, 3.05) is 20.8 Å². The zero-order valence-electron chi connectivity index (χ0n) is 17.0. The molecule has 30 heavy (non-hydrogen) atoms. The number of para-hydroxylation sites is 1. The number of hydrogen-bond donors (Lipinski definition) is 0. The number of ether oxygens (including phenoxy) is 3. The smallest absolute Gasteiger partial charge is 0.331 e. The van der Waals surface area contributed by atoms with E-state index in [4.69, 9.17) is 14.2 Å². The topological polar surface area (TPSA) is 65.1 Å². The Morgan fingerprint density at radius 3 is 2.53 bits per heavy atom. The predicted octanol–water partition coefficient (Wildman–Crippen LogP) is 3.59. The van der Waals surface area contributed by atoms with E-state index >= 15 is 0 Å². The first-order valence-corrected chi connectivity index (χ1v) is 9.62. The second-order valence-electron chi connectivity index (χ2n) is 6.87. The van der Waals surface area contributed by atoms with Crippen molar-refractivity contribution in [3.63, 3.8) is 0 Å². The first-order valence-electron chi connectivity index (χ1n) is 9.62. The molecule has 0 aliphatic heterocycles. The lowest BCUT2D eigenvalue weighted by Gasteiger charge is -2.22. The Morgan fingerprint density at radius 1 is 1.10 bits per heavy atom. The summed E-state index contributed by atoms with van der Waals surface area (Å²) in [5.74, 6) is -0.333. The summed E-state index contributed by atoms with van der Waals surface area (Å²) in [6.45, 7) is -0.242. The van der Waals surface area contributed by atoms with Crippen LogP contribution in [0, 0.1) is 5.82 Å². The maximum atomic E-state index is 13.9. The average Bonchev–Trinajstić information content (AvgIpc) is 3.60. The maximum Gasteiger partial charge on any atom is 0.331 e. The summed E-state index contributed by atoms with van der Waals surface area (Å²) in [7, 11) is 3.03. The molecule has 7 heteroatoms. The van der Waals surface area contributed by atoms with Crippen LogP contribution in [0.3, 0.4) is 0 Å². The van der Waals surface area contributed by atoms with Gasteiger partial charge in [-0.25, -0.2) is 9.18 Å². The molecule has 1 fully saturated rings. The second-order valence-corrected chi connectivity index (χ2v) is 6.87. The Labute approximate surface area is 174 Å². The third kappa shape index (κ3) is 5.37. The zero-order chi connectivity index (χ0) is 21.5. The van der Waals surface area contributed by atoms with E-state index < -0.39 is 12.6 Å². The third-order valence-corrected chi connectivity index (χ3v) is 4.78. The number of amides is 1. The molecule has 158 valence electrons. The average molecular weight is 413 g/mol. The third-order valence-electron chi connectivity index (χ3n) is 4.78. The molecule has 1 aliphatic rings. The molecule has 1 saturated carbocycles. The van der Waals surface area contributed by atoms with E-state index in [1.807, 2.05) is 0 Å². The molecule has 1 amide bonds. The van der Waals surface area contributed by atoms with Gasteiger partial charge in [-0.15, -0.1) is 0 Å². The van der Waals surface area contributed by atoms with Crippen molar-refractivity contribution in [1.82, 2.24) is 4.90 Å². The highest BCUT2D eigenvalue weighted by atomic mass is 19.1. The number of halogens is 1. The molecule has 0 radical (unpaired) electrons. The standard InChI is InChI=1S/C23H24FNO5/c1-28-20-9-5-7-16(23(20)29-2)10-13-22(27)30-15-21(26)25(18-11-12-18)14-17-6-3-4-8-19(17)24/h3-10,13,18H,11-12,14-15H2,1-2H3/b13-10+. The molecule has 3 rings (SSSR count). The Bertz CT molecular complexity index is 939. The van der Waals surface area contributed by atoms with Crippen LogP contribution in [0.15, 0.2) is 48.5 Å². The van der Waals surface area contributed by atoms with E-state index in [0.29, 0.717) is 22.6 Å². The molecule has 0 atom stereocenters.